The molecule has 0 aliphatic carbocycles. The summed E-state index contributed by atoms with van der Waals surface area (Å²) in [5.74, 6) is 0. The summed E-state index contributed by atoms with van der Waals surface area (Å²) in [6, 6.07) is 1.73. The molecular formula is C7H4Cl3N3. The Morgan fingerprint density at radius 1 is 1.38 bits per heavy atom. The van der Waals surface area contributed by atoms with Gasteiger partial charge >= 0.3 is 0 Å². The Labute approximate surface area is 89.3 Å². The first kappa shape index (κ1) is 9.06. The van der Waals surface area contributed by atoms with Crippen molar-refractivity contribution >= 4 is 40.4 Å². The zero-order valence-corrected chi connectivity index (χ0v) is 8.55. The van der Waals surface area contributed by atoms with Crippen LogP contribution < -0.4 is 0 Å². The lowest BCUT2D eigenvalue weighted by atomic mass is 10.6. The molecule has 0 unspecified atom stereocenters. The Balaban J connectivity index is 2.68. The maximum absolute atomic E-state index is 5.80. The van der Waals surface area contributed by atoms with Crippen molar-refractivity contribution < 1.29 is 0 Å². The van der Waals surface area contributed by atoms with Crippen molar-refractivity contribution in [3.63, 3.8) is 0 Å². The SMILES string of the molecule is Clc1nccc2nc(C(Cl)Cl)cn12. The molecule has 0 atom stereocenters. The van der Waals surface area contributed by atoms with E-state index in [-0.39, 0.29) is 0 Å². The molecule has 2 heterocycles. The second-order valence-corrected chi connectivity index (χ2v) is 3.84. The average molecular weight is 236 g/mol. The van der Waals surface area contributed by atoms with Crippen molar-refractivity contribution in [1.29, 1.82) is 0 Å². The summed E-state index contributed by atoms with van der Waals surface area (Å²) in [6.45, 7) is 0. The van der Waals surface area contributed by atoms with E-state index in [0.29, 0.717) is 16.6 Å². The van der Waals surface area contributed by atoms with Crippen LogP contribution in [-0.2, 0) is 0 Å². The number of aromatic nitrogens is 3. The summed E-state index contributed by atoms with van der Waals surface area (Å²) in [4.78, 5) is 7.39. The van der Waals surface area contributed by atoms with E-state index in [4.69, 9.17) is 34.8 Å². The van der Waals surface area contributed by atoms with Crippen LogP contribution in [0, 0.1) is 0 Å². The highest BCUT2D eigenvalue weighted by molar-refractivity contribution is 6.43. The fraction of sp³-hybridized carbons (Fsp3) is 0.143. The van der Waals surface area contributed by atoms with E-state index in [1.54, 1.807) is 22.9 Å². The fourth-order valence-corrected chi connectivity index (χ4v) is 1.41. The molecule has 0 aliphatic rings. The van der Waals surface area contributed by atoms with Gasteiger partial charge in [-0.1, -0.05) is 23.2 Å². The molecule has 13 heavy (non-hydrogen) atoms. The topological polar surface area (TPSA) is 30.2 Å². The lowest BCUT2D eigenvalue weighted by Crippen LogP contribution is -1.86. The molecule has 0 spiro atoms. The third-order valence-electron chi connectivity index (χ3n) is 1.58. The molecule has 2 rings (SSSR count). The van der Waals surface area contributed by atoms with Gasteiger partial charge in [0.05, 0.1) is 5.69 Å². The van der Waals surface area contributed by atoms with E-state index in [9.17, 15) is 0 Å². The van der Waals surface area contributed by atoms with Crippen molar-refractivity contribution in [2.75, 3.05) is 0 Å². The predicted molar refractivity (Wildman–Crippen MR) is 52.4 cm³/mol. The molecule has 0 N–H and O–H groups in total. The van der Waals surface area contributed by atoms with Crippen LogP contribution in [0.4, 0.5) is 0 Å². The van der Waals surface area contributed by atoms with Gasteiger partial charge in [-0.25, -0.2) is 9.97 Å². The third kappa shape index (κ3) is 1.59. The number of nitrogens with zero attached hydrogens (tertiary/aromatic N) is 3. The van der Waals surface area contributed by atoms with Crippen LogP contribution in [0.25, 0.3) is 5.65 Å². The number of halogens is 3. The Morgan fingerprint density at radius 2 is 2.15 bits per heavy atom. The quantitative estimate of drug-likeness (QED) is 0.563. The van der Waals surface area contributed by atoms with Crippen LogP contribution in [-0.4, -0.2) is 14.4 Å². The van der Waals surface area contributed by atoms with Gasteiger partial charge in [-0.3, -0.25) is 4.40 Å². The van der Waals surface area contributed by atoms with Crippen LogP contribution in [0.3, 0.4) is 0 Å². The molecule has 6 heteroatoms. The maximum atomic E-state index is 5.80. The van der Waals surface area contributed by atoms with E-state index in [1.165, 1.54) is 0 Å². The molecule has 0 amide bonds. The second kappa shape index (κ2) is 3.33. The summed E-state index contributed by atoms with van der Waals surface area (Å²) in [5.41, 5.74) is 1.25. The Bertz CT molecular complexity index is 437. The van der Waals surface area contributed by atoms with Crippen LogP contribution in [0.15, 0.2) is 18.5 Å². The first-order valence-electron chi connectivity index (χ1n) is 3.46. The highest BCUT2D eigenvalue weighted by atomic mass is 35.5. The van der Waals surface area contributed by atoms with Crippen molar-refractivity contribution in [2.45, 2.75) is 4.84 Å². The zero-order chi connectivity index (χ0) is 9.42. The van der Waals surface area contributed by atoms with Gasteiger partial charge < -0.3 is 0 Å². The van der Waals surface area contributed by atoms with Gasteiger partial charge in [0.15, 0.2) is 4.84 Å². The van der Waals surface area contributed by atoms with Gasteiger partial charge in [-0.2, -0.15) is 0 Å². The predicted octanol–water partition coefficient (Wildman–Crippen LogP) is 2.86. The minimum atomic E-state index is -0.643. The number of imidazole rings is 1. The first-order valence-corrected chi connectivity index (χ1v) is 4.71. The summed E-state index contributed by atoms with van der Waals surface area (Å²) in [5, 5.41) is 0.338. The average Bonchev–Trinajstić information content (AvgIpc) is 2.49. The lowest BCUT2D eigenvalue weighted by molar-refractivity contribution is 1.08. The fourth-order valence-electron chi connectivity index (χ4n) is 1.01. The highest BCUT2D eigenvalue weighted by Gasteiger charge is 2.09. The van der Waals surface area contributed by atoms with Crippen LogP contribution >= 0.6 is 34.8 Å². The van der Waals surface area contributed by atoms with Crippen molar-refractivity contribution in [2.24, 2.45) is 0 Å². The van der Waals surface area contributed by atoms with Gasteiger partial charge in [-0.15, -0.1) is 0 Å². The Morgan fingerprint density at radius 3 is 2.77 bits per heavy atom. The lowest BCUT2D eigenvalue weighted by Gasteiger charge is -1.92. The number of fused-ring (bicyclic) bond motifs is 1. The van der Waals surface area contributed by atoms with Crippen molar-refractivity contribution in [3.8, 4) is 0 Å². The molecular weight excluding hydrogens is 232 g/mol. The normalized spacial score (nSPS) is 11.4. The monoisotopic (exact) mass is 235 g/mol. The molecule has 0 bridgehead atoms. The molecule has 0 aliphatic heterocycles. The molecule has 0 saturated carbocycles. The third-order valence-corrected chi connectivity index (χ3v) is 2.31. The van der Waals surface area contributed by atoms with Crippen molar-refractivity contribution in [3.05, 3.63) is 29.4 Å². The summed E-state index contributed by atoms with van der Waals surface area (Å²) < 4.78 is 1.62. The minimum absolute atomic E-state index is 0.338. The highest BCUT2D eigenvalue weighted by Crippen LogP contribution is 2.24. The largest absolute Gasteiger partial charge is 0.274 e. The molecule has 3 nitrogen and oxygen atoms in total. The molecule has 2 aromatic heterocycles. The van der Waals surface area contributed by atoms with E-state index in [1.807, 2.05) is 0 Å². The van der Waals surface area contributed by atoms with Gasteiger partial charge in [0.25, 0.3) is 0 Å². The standard InChI is InChI=1S/C7H4Cl3N3/c8-6(9)4-3-13-5(12-4)1-2-11-7(13)10/h1-3,6H. The summed E-state index contributed by atoms with van der Waals surface area (Å²) in [6.07, 6.45) is 3.24. The molecule has 0 radical (unpaired) electrons. The minimum Gasteiger partial charge on any atom is -0.274 e. The Kier molecular flexibility index (Phi) is 2.32. The number of hydrogen-bond acceptors (Lipinski definition) is 2. The van der Waals surface area contributed by atoms with Gasteiger partial charge in [-0.05, 0) is 17.7 Å². The summed E-state index contributed by atoms with van der Waals surface area (Å²) in [7, 11) is 0. The van der Waals surface area contributed by atoms with Gasteiger partial charge in [0.2, 0.25) is 5.28 Å². The molecule has 0 aromatic carbocycles. The van der Waals surface area contributed by atoms with E-state index >= 15 is 0 Å². The second-order valence-electron chi connectivity index (χ2n) is 2.41. The van der Waals surface area contributed by atoms with E-state index in [2.05, 4.69) is 9.97 Å². The number of alkyl halides is 2. The van der Waals surface area contributed by atoms with E-state index < -0.39 is 4.84 Å². The molecule has 2 aromatic rings. The summed E-state index contributed by atoms with van der Waals surface area (Å²) >= 11 is 17.1. The van der Waals surface area contributed by atoms with Gasteiger partial charge in [0, 0.05) is 12.4 Å². The molecule has 0 saturated heterocycles. The van der Waals surface area contributed by atoms with Gasteiger partial charge in [0.1, 0.15) is 5.65 Å². The maximum Gasteiger partial charge on any atom is 0.208 e. The number of rotatable bonds is 1. The molecule has 0 fully saturated rings. The van der Waals surface area contributed by atoms with Crippen LogP contribution in [0.1, 0.15) is 10.5 Å². The molecule has 68 valence electrons. The van der Waals surface area contributed by atoms with Crippen LogP contribution in [0.2, 0.25) is 5.28 Å². The van der Waals surface area contributed by atoms with Crippen LogP contribution in [0.5, 0.6) is 0 Å². The zero-order valence-electron chi connectivity index (χ0n) is 6.28. The van der Waals surface area contributed by atoms with E-state index in [0.717, 1.165) is 0 Å². The van der Waals surface area contributed by atoms with Crippen molar-refractivity contribution in [1.82, 2.24) is 14.4 Å². The first-order chi connectivity index (χ1) is 6.18. The number of hydrogen-bond donors (Lipinski definition) is 0. The Hall–Kier alpha value is -0.510. The smallest absolute Gasteiger partial charge is 0.208 e.